The van der Waals surface area contributed by atoms with Crippen molar-refractivity contribution in [2.75, 3.05) is 19.8 Å². The minimum Gasteiger partial charge on any atom is -0.479 e. The van der Waals surface area contributed by atoms with Crippen LogP contribution in [0, 0.1) is 5.92 Å². The summed E-state index contributed by atoms with van der Waals surface area (Å²) < 4.78 is 16.9. The minimum atomic E-state index is -1.50. The van der Waals surface area contributed by atoms with Gasteiger partial charge in [0.2, 0.25) is 11.8 Å². The number of rotatable bonds is 3. The van der Waals surface area contributed by atoms with Crippen molar-refractivity contribution in [3.63, 3.8) is 0 Å². The summed E-state index contributed by atoms with van der Waals surface area (Å²) in [5, 5.41) is 15.8. The van der Waals surface area contributed by atoms with E-state index in [-0.39, 0.29) is 39.1 Å². The number of allylic oxidation sites excluding steroid dienone is 1. The molecule has 0 spiro atoms. The number of ether oxygens (including phenoxy) is 3. The molecule has 4 amide bonds. The van der Waals surface area contributed by atoms with Crippen molar-refractivity contribution in [2.45, 2.75) is 88.9 Å². The summed E-state index contributed by atoms with van der Waals surface area (Å²) >= 11 is 6.31. The second-order valence-electron chi connectivity index (χ2n) is 12.9. The van der Waals surface area contributed by atoms with E-state index in [1.165, 1.54) is 9.80 Å². The van der Waals surface area contributed by atoms with Gasteiger partial charge in [0.05, 0.1) is 19.7 Å². The van der Waals surface area contributed by atoms with Crippen LogP contribution >= 0.6 is 11.6 Å². The number of nitrogens with zero attached hydrogens (tertiary/aromatic N) is 2. The van der Waals surface area contributed by atoms with Crippen molar-refractivity contribution in [2.24, 2.45) is 5.92 Å². The lowest BCUT2D eigenvalue weighted by Crippen LogP contribution is -2.57. The number of hydrogen-bond acceptors (Lipinski definition) is 8. The third-order valence-corrected chi connectivity index (χ3v) is 8.70. The lowest BCUT2D eigenvalue weighted by molar-refractivity contribution is -0.146. The van der Waals surface area contributed by atoms with Gasteiger partial charge in [0.15, 0.2) is 0 Å². The summed E-state index contributed by atoms with van der Waals surface area (Å²) in [4.78, 5) is 68.6. The van der Waals surface area contributed by atoms with Crippen molar-refractivity contribution < 1.29 is 43.3 Å². The summed E-state index contributed by atoms with van der Waals surface area (Å²) in [5.74, 6) is -2.92. The standard InChI is InChI=1S/C31H39ClN4O9/c1-30(2,3)45-28(41)33-23-17-43-11-6-4-5-9-19-13-31(19,27(39)40)34-25(37)24-12-20(15-36(24)26(23)38)44-29(42)35-14-18-8-7-10-22(32)21(18)16-35/h5,7-10,19-20,23-24H,4,6,11-17H2,1-3H3,(H,33,41)(H,34,37)(H,39,40)/t19-,20-,23+,24+,31-/m1/s1. The van der Waals surface area contributed by atoms with Crippen molar-refractivity contribution in [1.29, 1.82) is 0 Å². The third-order valence-electron chi connectivity index (χ3n) is 8.34. The van der Waals surface area contributed by atoms with Gasteiger partial charge in [-0.2, -0.15) is 0 Å². The average Bonchev–Trinajstić information content (AvgIpc) is 3.27. The van der Waals surface area contributed by atoms with Crippen LogP contribution in [0.1, 0.15) is 57.6 Å². The number of carboxylic acid groups (broad SMARTS) is 1. The first-order chi connectivity index (χ1) is 21.3. The van der Waals surface area contributed by atoms with Gasteiger partial charge in [-0.1, -0.05) is 35.9 Å². The van der Waals surface area contributed by atoms with Gasteiger partial charge < -0.3 is 34.9 Å². The molecule has 1 saturated heterocycles. The maximum absolute atomic E-state index is 14.0. The van der Waals surface area contributed by atoms with Gasteiger partial charge in [-0.15, -0.1) is 0 Å². The number of carboxylic acids is 1. The molecule has 3 aliphatic heterocycles. The molecule has 4 aliphatic rings. The minimum absolute atomic E-state index is 0.0684. The molecule has 0 bridgehead atoms. The van der Waals surface area contributed by atoms with Crippen LogP contribution < -0.4 is 10.6 Å². The monoisotopic (exact) mass is 646 g/mol. The van der Waals surface area contributed by atoms with Crippen molar-refractivity contribution in [3.8, 4) is 0 Å². The average molecular weight is 647 g/mol. The number of benzene rings is 1. The number of aliphatic carboxylic acids is 1. The highest BCUT2D eigenvalue weighted by molar-refractivity contribution is 6.31. The smallest absolute Gasteiger partial charge is 0.410 e. The maximum atomic E-state index is 14.0. The molecule has 3 heterocycles. The Balaban J connectivity index is 1.37. The van der Waals surface area contributed by atoms with E-state index in [9.17, 15) is 29.1 Å². The van der Waals surface area contributed by atoms with Crippen LogP contribution in [0.15, 0.2) is 30.4 Å². The van der Waals surface area contributed by atoms with Crippen LogP contribution in [0.2, 0.25) is 5.02 Å². The first-order valence-corrected chi connectivity index (χ1v) is 15.5. The summed E-state index contributed by atoms with van der Waals surface area (Å²) in [5.41, 5.74) is -0.604. The molecule has 5 atom stereocenters. The molecule has 14 heteroatoms. The number of carbonyl (C=O) groups is 5. The second kappa shape index (κ2) is 12.9. The number of carbonyl (C=O) groups excluding carboxylic acids is 4. The molecule has 1 saturated carbocycles. The van der Waals surface area contributed by atoms with E-state index in [2.05, 4.69) is 10.6 Å². The zero-order valence-electron chi connectivity index (χ0n) is 25.5. The number of alkyl carbamates (subject to hydrolysis) is 1. The van der Waals surface area contributed by atoms with Gasteiger partial charge >= 0.3 is 18.2 Å². The lowest BCUT2D eigenvalue weighted by atomic mass is 10.1. The molecule has 1 aromatic rings. The van der Waals surface area contributed by atoms with E-state index in [1.54, 1.807) is 39.0 Å². The lowest BCUT2D eigenvalue weighted by Gasteiger charge is -2.30. The first kappa shape index (κ1) is 32.6. The number of nitrogens with one attached hydrogen (secondary N) is 2. The normalized spacial score (nSPS) is 28.5. The number of halogens is 1. The van der Waals surface area contributed by atoms with Gasteiger partial charge in [0.1, 0.15) is 29.3 Å². The van der Waals surface area contributed by atoms with Crippen molar-refractivity contribution in [1.82, 2.24) is 20.4 Å². The molecule has 5 rings (SSSR count). The van der Waals surface area contributed by atoms with E-state index >= 15 is 0 Å². The topological polar surface area (TPSA) is 164 Å². The number of hydrogen-bond donors (Lipinski definition) is 3. The highest BCUT2D eigenvalue weighted by Gasteiger charge is 2.61. The van der Waals surface area contributed by atoms with Crippen LogP contribution in [0.4, 0.5) is 9.59 Å². The number of fused-ring (bicyclic) bond motifs is 3. The van der Waals surface area contributed by atoms with E-state index in [4.69, 9.17) is 25.8 Å². The van der Waals surface area contributed by atoms with Gasteiger partial charge in [0, 0.05) is 30.5 Å². The van der Waals surface area contributed by atoms with E-state index in [0.29, 0.717) is 24.4 Å². The van der Waals surface area contributed by atoms with Crippen LogP contribution in [0.5, 0.6) is 0 Å². The Bertz CT molecular complexity index is 1400. The molecule has 0 unspecified atom stereocenters. The second-order valence-corrected chi connectivity index (χ2v) is 13.3. The predicted octanol–water partition coefficient (Wildman–Crippen LogP) is 2.98. The van der Waals surface area contributed by atoms with Crippen LogP contribution in [0.3, 0.4) is 0 Å². The predicted molar refractivity (Wildman–Crippen MR) is 160 cm³/mol. The van der Waals surface area contributed by atoms with Gasteiger partial charge in [-0.3, -0.25) is 14.5 Å². The molecule has 3 N–H and O–H groups in total. The summed E-state index contributed by atoms with van der Waals surface area (Å²) in [7, 11) is 0. The highest BCUT2D eigenvalue weighted by atomic mass is 35.5. The molecule has 0 radical (unpaired) electrons. The first-order valence-electron chi connectivity index (χ1n) is 15.1. The van der Waals surface area contributed by atoms with Gasteiger partial charge in [-0.05, 0) is 57.2 Å². The molecular formula is C31H39ClN4O9. The SMILES string of the molecule is CC(C)(C)OC(=O)N[C@H]1COCCCC=C[C@@H]2C[C@@]2(C(=O)O)NC(=O)[C@@H]2C[C@@H](OC(=O)N3Cc4cccc(Cl)c4C3)CN2C1=O. The molecule has 0 aromatic heterocycles. The Labute approximate surface area is 266 Å². The fourth-order valence-corrected chi connectivity index (χ4v) is 6.21. The molecule has 45 heavy (non-hydrogen) atoms. The Hall–Kier alpha value is -3.84. The molecule has 1 aromatic carbocycles. The zero-order chi connectivity index (χ0) is 32.5. The van der Waals surface area contributed by atoms with E-state index < -0.39 is 65.2 Å². The fraction of sp³-hybridized carbons (Fsp3) is 0.581. The van der Waals surface area contributed by atoms with Gasteiger partial charge in [0.25, 0.3) is 0 Å². The Morgan fingerprint density at radius 1 is 1.20 bits per heavy atom. The number of amides is 4. The quantitative estimate of drug-likeness (QED) is 0.419. The van der Waals surface area contributed by atoms with E-state index in [1.807, 2.05) is 12.1 Å². The van der Waals surface area contributed by atoms with Gasteiger partial charge in [-0.25, -0.2) is 14.4 Å². The van der Waals surface area contributed by atoms with Crippen LogP contribution in [-0.2, 0) is 41.7 Å². The van der Waals surface area contributed by atoms with Crippen molar-refractivity contribution in [3.05, 3.63) is 46.5 Å². The summed E-state index contributed by atoms with van der Waals surface area (Å²) in [6, 6.07) is 3.04. The Morgan fingerprint density at radius 3 is 2.69 bits per heavy atom. The molecule has 2 fully saturated rings. The zero-order valence-corrected chi connectivity index (χ0v) is 26.3. The van der Waals surface area contributed by atoms with Crippen LogP contribution in [-0.4, -0.2) is 94.0 Å². The molecular weight excluding hydrogens is 608 g/mol. The maximum Gasteiger partial charge on any atom is 0.410 e. The fourth-order valence-electron chi connectivity index (χ4n) is 5.96. The van der Waals surface area contributed by atoms with Crippen LogP contribution in [0.25, 0.3) is 0 Å². The largest absolute Gasteiger partial charge is 0.479 e. The van der Waals surface area contributed by atoms with E-state index in [0.717, 1.165) is 11.1 Å². The summed E-state index contributed by atoms with van der Waals surface area (Å²) in [6.45, 7) is 5.54. The molecule has 1 aliphatic carbocycles. The molecule has 244 valence electrons. The molecule has 13 nitrogen and oxygen atoms in total. The Morgan fingerprint density at radius 2 is 1.98 bits per heavy atom. The Kier molecular flexibility index (Phi) is 9.31. The highest BCUT2D eigenvalue weighted by Crippen LogP contribution is 2.45. The van der Waals surface area contributed by atoms with Crippen molar-refractivity contribution >= 4 is 41.6 Å². The summed E-state index contributed by atoms with van der Waals surface area (Å²) in [6.07, 6.45) is 2.62. The third kappa shape index (κ3) is 7.36.